The zero-order chi connectivity index (χ0) is 13.3. The van der Waals surface area contributed by atoms with Crippen LogP contribution in [0.15, 0.2) is 0 Å². The molecule has 2 fully saturated rings. The lowest BCUT2D eigenvalue weighted by Crippen LogP contribution is -2.52. The Balaban J connectivity index is 2.17. The van der Waals surface area contributed by atoms with Crippen LogP contribution in [0.1, 0.15) is 32.6 Å². The molecule has 0 aromatic carbocycles. The number of nitrogens with zero attached hydrogens (tertiary/aromatic N) is 2. The highest BCUT2D eigenvalue weighted by atomic mass is 32.2. The fourth-order valence-corrected chi connectivity index (χ4v) is 4.83. The van der Waals surface area contributed by atoms with Crippen LogP contribution >= 0.6 is 0 Å². The van der Waals surface area contributed by atoms with E-state index in [0.29, 0.717) is 32.0 Å². The molecule has 2 unspecified atom stereocenters. The Bertz CT molecular complexity index is 423. The Morgan fingerprint density at radius 2 is 1.94 bits per heavy atom. The van der Waals surface area contributed by atoms with Crippen molar-refractivity contribution in [1.29, 1.82) is 5.41 Å². The van der Waals surface area contributed by atoms with Gasteiger partial charge in [-0.1, -0.05) is 6.92 Å². The first-order chi connectivity index (χ1) is 8.43. The summed E-state index contributed by atoms with van der Waals surface area (Å²) in [6.07, 6.45) is 3.45. The van der Waals surface area contributed by atoms with Crippen LogP contribution in [0, 0.1) is 11.3 Å². The zero-order valence-corrected chi connectivity index (χ0v) is 11.6. The van der Waals surface area contributed by atoms with Crippen molar-refractivity contribution in [2.24, 2.45) is 11.7 Å². The average molecular weight is 274 g/mol. The summed E-state index contributed by atoms with van der Waals surface area (Å²) >= 11 is 0. The third kappa shape index (κ3) is 2.53. The second kappa shape index (κ2) is 5.14. The van der Waals surface area contributed by atoms with Gasteiger partial charge >= 0.3 is 0 Å². The maximum Gasteiger partial charge on any atom is 0.282 e. The molecule has 3 N–H and O–H groups in total. The number of hydrogen-bond acceptors (Lipinski definition) is 3. The van der Waals surface area contributed by atoms with Gasteiger partial charge in [-0.15, -0.1) is 0 Å². The van der Waals surface area contributed by atoms with Gasteiger partial charge in [-0.3, -0.25) is 5.41 Å². The maximum absolute atomic E-state index is 12.5. The molecular formula is C11H22N4O2S. The highest BCUT2D eigenvalue weighted by molar-refractivity contribution is 7.86. The van der Waals surface area contributed by atoms with E-state index in [1.807, 2.05) is 0 Å². The summed E-state index contributed by atoms with van der Waals surface area (Å²) in [5, 5.41) is 7.51. The number of amidine groups is 1. The van der Waals surface area contributed by atoms with Crippen LogP contribution in [0.5, 0.6) is 0 Å². The van der Waals surface area contributed by atoms with Gasteiger partial charge in [0.15, 0.2) is 0 Å². The quantitative estimate of drug-likeness (QED) is 0.575. The van der Waals surface area contributed by atoms with Crippen LogP contribution < -0.4 is 5.73 Å². The largest absolute Gasteiger partial charge is 0.386 e. The predicted octanol–water partition coefficient (Wildman–Crippen LogP) is 0.363. The van der Waals surface area contributed by atoms with Crippen molar-refractivity contribution in [2.75, 3.05) is 19.6 Å². The zero-order valence-electron chi connectivity index (χ0n) is 10.8. The molecule has 6 nitrogen and oxygen atoms in total. The third-order valence-corrected chi connectivity index (χ3v) is 5.82. The molecule has 18 heavy (non-hydrogen) atoms. The number of nitrogens with one attached hydrogen (secondary N) is 1. The van der Waals surface area contributed by atoms with E-state index in [0.717, 1.165) is 19.3 Å². The molecule has 2 saturated heterocycles. The molecule has 2 heterocycles. The van der Waals surface area contributed by atoms with E-state index < -0.39 is 16.3 Å². The van der Waals surface area contributed by atoms with E-state index in [-0.39, 0.29) is 5.84 Å². The SMILES string of the molecule is CC1CCCN(S(=O)(=O)N2CCCC2C(=N)N)C1. The highest BCUT2D eigenvalue weighted by Crippen LogP contribution is 2.26. The summed E-state index contributed by atoms with van der Waals surface area (Å²) in [6.45, 7) is 3.74. The molecule has 0 aliphatic carbocycles. The number of rotatable bonds is 3. The van der Waals surface area contributed by atoms with Crippen molar-refractivity contribution in [3.8, 4) is 0 Å². The Hall–Kier alpha value is -0.660. The molecule has 0 spiro atoms. The minimum atomic E-state index is -3.44. The molecule has 2 atom stereocenters. The maximum atomic E-state index is 12.5. The molecule has 0 aromatic rings. The van der Waals surface area contributed by atoms with Crippen LogP contribution in [0.25, 0.3) is 0 Å². The van der Waals surface area contributed by atoms with Crippen LogP contribution in [-0.4, -0.2) is 48.5 Å². The van der Waals surface area contributed by atoms with Gasteiger partial charge in [0.1, 0.15) is 5.84 Å². The summed E-state index contributed by atoms with van der Waals surface area (Å²) in [5.41, 5.74) is 5.50. The number of piperidine rings is 1. The number of hydrogen-bond donors (Lipinski definition) is 2. The van der Waals surface area contributed by atoms with Crippen molar-refractivity contribution in [3.05, 3.63) is 0 Å². The summed E-state index contributed by atoms with van der Waals surface area (Å²) in [5.74, 6) is 0.369. The lowest BCUT2D eigenvalue weighted by atomic mass is 10.0. The van der Waals surface area contributed by atoms with Crippen LogP contribution in [-0.2, 0) is 10.2 Å². The second-order valence-corrected chi connectivity index (χ2v) is 7.22. The molecule has 0 aromatic heterocycles. The van der Waals surface area contributed by atoms with Crippen molar-refractivity contribution < 1.29 is 8.42 Å². The van der Waals surface area contributed by atoms with E-state index in [1.54, 1.807) is 4.31 Å². The van der Waals surface area contributed by atoms with Gasteiger partial charge < -0.3 is 5.73 Å². The monoisotopic (exact) mass is 274 g/mol. The van der Waals surface area contributed by atoms with Crippen molar-refractivity contribution in [3.63, 3.8) is 0 Å². The van der Waals surface area contributed by atoms with Gasteiger partial charge in [-0.05, 0) is 31.6 Å². The van der Waals surface area contributed by atoms with Gasteiger partial charge in [0.05, 0.1) is 6.04 Å². The van der Waals surface area contributed by atoms with E-state index in [9.17, 15) is 8.42 Å². The number of nitrogens with two attached hydrogens (primary N) is 1. The molecule has 7 heteroatoms. The van der Waals surface area contributed by atoms with E-state index in [1.165, 1.54) is 4.31 Å². The van der Waals surface area contributed by atoms with Gasteiger partial charge in [-0.2, -0.15) is 17.0 Å². The van der Waals surface area contributed by atoms with Gasteiger partial charge in [0, 0.05) is 19.6 Å². The fraction of sp³-hybridized carbons (Fsp3) is 0.909. The first kappa shape index (κ1) is 13.8. The van der Waals surface area contributed by atoms with E-state index in [2.05, 4.69) is 6.92 Å². The molecule has 2 rings (SSSR count). The predicted molar refractivity (Wildman–Crippen MR) is 70.5 cm³/mol. The van der Waals surface area contributed by atoms with Crippen molar-refractivity contribution in [1.82, 2.24) is 8.61 Å². The standard InChI is InChI=1S/C11H22N4O2S/c1-9-4-2-6-14(8-9)18(16,17)15-7-3-5-10(15)11(12)13/h9-10H,2-8H2,1H3,(H3,12,13). The van der Waals surface area contributed by atoms with Crippen molar-refractivity contribution in [2.45, 2.75) is 38.6 Å². The summed E-state index contributed by atoms with van der Waals surface area (Å²) < 4.78 is 28.1. The Morgan fingerprint density at radius 1 is 1.28 bits per heavy atom. The van der Waals surface area contributed by atoms with E-state index in [4.69, 9.17) is 11.1 Å². The summed E-state index contributed by atoms with van der Waals surface area (Å²) in [7, 11) is -3.44. The van der Waals surface area contributed by atoms with Gasteiger partial charge in [0.2, 0.25) is 0 Å². The molecule has 0 radical (unpaired) electrons. The third-order valence-electron chi connectivity index (χ3n) is 3.81. The topological polar surface area (TPSA) is 90.5 Å². The summed E-state index contributed by atoms with van der Waals surface area (Å²) in [4.78, 5) is 0. The second-order valence-electron chi connectivity index (χ2n) is 5.34. The minimum Gasteiger partial charge on any atom is -0.386 e. The van der Waals surface area contributed by atoms with Crippen LogP contribution in [0.4, 0.5) is 0 Å². The van der Waals surface area contributed by atoms with Crippen LogP contribution in [0.3, 0.4) is 0 Å². The molecule has 0 saturated carbocycles. The molecular weight excluding hydrogens is 252 g/mol. The Kier molecular flexibility index (Phi) is 3.93. The van der Waals surface area contributed by atoms with Gasteiger partial charge in [0.25, 0.3) is 10.2 Å². The lowest BCUT2D eigenvalue weighted by molar-refractivity contribution is 0.260. The normalized spacial score (nSPS) is 31.6. The lowest BCUT2D eigenvalue weighted by Gasteiger charge is -2.34. The van der Waals surface area contributed by atoms with E-state index >= 15 is 0 Å². The minimum absolute atomic E-state index is 0.0406. The van der Waals surface area contributed by atoms with Crippen LogP contribution in [0.2, 0.25) is 0 Å². The Morgan fingerprint density at radius 3 is 2.56 bits per heavy atom. The first-order valence-electron chi connectivity index (χ1n) is 6.53. The molecule has 0 amide bonds. The molecule has 2 aliphatic heterocycles. The molecule has 2 aliphatic rings. The van der Waals surface area contributed by atoms with Gasteiger partial charge in [-0.25, -0.2) is 0 Å². The average Bonchev–Trinajstić information content (AvgIpc) is 2.78. The molecule has 104 valence electrons. The fourth-order valence-electron chi connectivity index (χ4n) is 2.83. The first-order valence-corrected chi connectivity index (χ1v) is 7.93. The Labute approximate surface area is 109 Å². The molecule has 0 bridgehead atoms. The summed E-state index contributed by atoms with van der Waals surface area (Å²) in [6, 6.07) is -0.438. The van der Waals surface area contributed by atoms with Crippen molar-refractivity contribution >= 4 is 16.0 Å². The smallest absolute Gasteiger partial charge is 0.282 e. The highest BCUT2D eigenvalue weighted by Gasteiger charge is 2.40.